The summed E-state index contributed by atoms with van der Waals surface area (Å²) in [6.07, 6.45) is 5.19. The van der Waals surface area contributed by atoms with Crippen LogP contribution in [0.5, 0.6) is 0 Å². The van der Waals surface area contributed by atoms with Crippen molar-refractivity contribution < 1.29 is 8.42 Å². The summed E-state index contributed by atoms with van der Waals surface area (Å²) >= 11 is 0. The lowest BCUT2D eigenvalue weighted by molar-refractivity contribution is 0.247. The molecule has 1 unspecified atom stereocenters. The summed E-state index contributed by atoms with van der Waals surface area (Å²) in [5.41, 5.74) is 0. The highest BCUT2D eigenvalue weighted by atomic mass is 32.2. The fourth-order valence-electron chi connectivity index (χ4n) is 2.61. The second-order valence-corrected chi connectivity index (χ2v) is 7.74. The lowest BCUT2D eigenvalue weighted by Gasteiger charge is -2.34. The number of hydrogen-bond acceptors (Lipinski definition) is 3. The van der Waals surface area contributed by atoms with Crippen molar-refractivity contribution in [2.24, 2.45) is 5.92 Å². The maximum absolute atomic E-state index is 12.5. The normalized spacial score (nSPS) is 21.5. The van der Waals surface area contributed by atoms with Gasteiger partial charge >= 0.3 is 0 Å². The molecule has 5 nitrogen and oxygen atoms in total. The molecule has 0 aliphatic carbocycles. The molecular formula is C14H31N3O2S. The summed E-state index contributed by atoms with van der Waals surface area (Å²) in [5.74, 6) is 0.526. The summed E-state index contributed by atoms with van der Waals surface area (Å²) in [5, 5.41) is 3.30. The van der Waals surface area contributed by atoms with E-state index < -0.39 is 10.2 Å². The van der Waals surface area contributed by atoms with Gasteiger partial charge in [0.25, 0.3) is 10.2 Å². The van der Waals surface area contributed by atoms with Crippen LogP contribution in [-0.2, 0) is 10.2 Å². The molecule has 1 N–H and O–H groups in total. The Morgan fingerprint density at radius 3 is 2.70 bits per heavy atom. The minimum atomic E-state index is -3.26. The molecule has 0 aromatic heterocycles. The smallest absolute Gasteiger partial charge is 0.281 e. The van der Waals surface area contributed by atoms with Crippen LogP contribution >= 0.6 is 0 Å². The van der Waals surface area contributed by atoms with Gasteiger partial charge in [0.05, 0.1) is 0 Å². The van der Waals surface area contributed by atoms with Crippen molar-refractivity contribution in [2.45, 2.75) is 46.0 Å². The maximum Gasteiger partial charge on any atom is 0.281 e. The molecule has 0 aromatic rings. The largest absolute Gasteiger partial charge is 0.317 e. The monoisotopic (exact) mass is 305 g/mol. The number of nitrogens with one attached hydrogen (secondary N) is 1. The average molecular weight is 305 g/mol. The molecule has 0 saturated carbocycles. The third-order valence-electron chi connectivity index (χ3n) is 4.03. The highest BCUT2D eigenvalue weighted by Gasteiger charge is 2.30. The van der Waals surface area contributed by atoms with Gasteiger partial charge in [-0.15, -0.1) is 0 Å². The quantitative estimate of drug-likeness (QED) is 0.659. The summed E-state index contributed by atoms with van der Waals surface area (Å²) < 4.78 is 28.2. The molecule has 0 spiro atoms. The van der Waals surface area contributed by atoms with E-state index in [0.717, 1.165) is 45.2 Å². The van der Waals surface area contributed by atoms with E-state index in [4.69, 9.17) is 0 Å². The minimum absolute atomic E-state index is 0.526. The first kappa shape index (κ1) is 17.9. The molecule has 1 atom stereocenters. The number of rotatable bonds is 9. The molecular weight excluding hydrogens is 274 g/mol. The van der Waals surface area contributed by atoms with Crippen molar-refractivity contribution in [1.29, 1.82) is 0 Å². The zero-order chi connectivity index (χ0) is 15.0. The van der Waals surface area contributed by atoms with Gasteiger partial charge in [-0.3, -0.25) is 0 Å². The first-order valence-corrected chi connectivity index (χ1v) is 9.34. The van der Waals surface area contributed by atoms with E-state index >= 15 is 0 Å². The number of hydrogen-bond donors (Lipinski definition) is 1. The van der Waals surface area contributed by atoms with Crippen LogP contribution in [-0.4, -0.2) is 56.8 Å². The molecule has 6 heteroatoms. The summed E-state index contributed by atoms with van der Waals surface area (Å²) in [6.45, 7) is 8.11. The van der Waals surface area contributed by atoms with Gasteiger partial charge in [0.1, 0.15) is 0 Å². The lowest BCUT2D eigenvalue weighted by atomic mass is 9.97. The zero-order valence-electron chi connectivity index (χ0n) is 13.3. The summed E-state index contributed by atoms with van der Waals surface area (Å²) in [4.78, 5) is 0. The molecule has 1 heterocycles. The Labute approximate surface area is 124 Å². The zero-order valence-corrected chi connectivity index (χ0v) is 14.1. The fourth-order valence-corrected chi connectivity index (χ4v) is 4.12. The van der Waals surface area contributed by atoms with Gasteiger partial charge in [-0.25, -0.2) is 0 Å². The van der Waals surface area contributed by atoms with Gasteiger partial charge < -0.3 is 5.32 Å². The number of piperidine rings is 1. The molecule has 1 fully saturated rings. The Kier molecular flexibility index (Phi) is 8.02. The SMILES string of the molecule is CCCNCCCN(C)S(=O)(=O)N1CCCC(CC)C1. The predicted molar refractivity (Wildman–Crippen MR) is 83.9 cm³/mol. The van der Waals surface area contributed by atoms with Crippen molar-refractivity contribution >= 4 is 10.2 Å². The average Bonchev–Trinajstić information content (AvgIpc) is 2.46. The molecule has 1 aliphatic rings. The van der Waals surface area contributed by atoms with Crippen LogP contribution in [0.15, 0.2) is 0 Å². The van der Waals surface area contributed by atoms with Crippen molar-refractivity contribution in [2.75, 3.05) is 39.8 Å². The highest BCUT2D eigenvalue weighted by Crippen LogP contribution is 2.22. The van der Waals surface area contributed by atoms with E-state index in [-0.39, 0.29) is 0 Å². The van der Waals surface area contributed by atoms with E-state index in [9.17, 15) is 8.42 Å². The molecule has 0 bridgehead atoms. The Bertz CT molecular complexity index is 359. The first-order valence-electron chi connectivity index (χ1n) is 7.94. The van der Waals surface area contributed by atoms with Crippen LogP contribution in [0.2, 0.25) is 0 Å². The van der Waals surface area contributed by atoms with Gasteiger partial charge in [-0.05, 0) is 44.7 Å². The summed E-state index contributed by atoms with van der Waals surface area (Å²) in [6, 6.07) is 0. The van der Waals surface area contributed by atoms with E-state index in [0.29, 0.717) is 25.6 Å². The van der Waals surface area contributed by atoms with Crippen LogP contribution in [0.3, 0.4) is 0 Å². The van der Waals surface area contributed by atoms with E-state index in [1.807, 2.05) is 0 Å². The van der Waals surface area contributed by atoms with Crippen molar-refractivity contribution in [1.82, 2.24) is 13.9 Å². The van der Waals surface area contributed by atoms with Gasteiger partial charge in [0, 0.05) is 26.7 Å². The second kappa shape index (κ2) is 8.97. The maximum atomic E-state index is 12.5. The molecule has 120 valence electrons. The van der Waals surface area contributed by atoms with Crippen LogP contribution in [0.4, 0.5) is 0 Å². The van der Waals surface area contributed by atoms with E-state index in [1.165, 1.54) is 4.31 Å². The number of nitrogens with zero attached hydrogens (tertiary/aromatic N) is 2. The minimum Gasteiger partial charge on any atom is -0.317 e. The molecule has 1 saturated heterocycles. The first-order chi connectivity index (χ1) is 9.52. The van der Waals surface area contributed by atoms with Crippen LogP contribution in [0, 0.1) is 5.92 Å². The lowest BCUT2D eigenvalue weighted by Crippen LogP contribution is -2.47. The van der Waals surface area contributed by atoms with Crippen LogP contribution in [0.25, 0.3) is 0 Å². The van der Waals surface area contributed by atoms with Crippen molar-refractivity contribution in [3.8, 4) is 0 Å². The Morgan fingerprint density at radius 2 is 2.05 bits per heavy atom. The molecule has 20 heavy (non-hydrogen) atoms. The third kappa shape index (κ3) is 5.31. The topological polar surface area (TPSA) is 52.7 Å². The van der Waals surface area contributed by atoms with Crippen molar-refractivity contribution in [3.63, 3.8) is 0 Å². The van der Waals surface area contributed by atoms with Crippen LogP contribution < -0.4 is 5.32 Å². The van der Waals surface area contributed by atoms with Gasteiger partial charge in [0.2, 0.25) is 0 Å². The molecule has 1 aliphatic heterocycles. The molecule has 0 amide bonds. The Morgan fingerprint density at radius 1 is 1.30 bits per heavy atom. The van der Waals surface area contributed by atoms with Crippen LogP contribution in [0.1, 0.15) is 46.0 Å². The van der Waals surface area contributed by atoms with Gasteiger partial charge in [-0.1, -0.05) is 20.3 Å². The second-order valence-electron chi connectivity index (χ2n) is 5.71. The molecule has 0 radical (unpaired) electrons. The van der Waals surface area contributed by atoms with Crippen molar-refractivity contribution in [3.05, 3.63) is 0 Å². The predicted octanol–water partition coefficient (Wildman–Crippen LogP) is 1.67. The van der Waals surface area contributed by atoms with Gasteiger partial charge in [0.15, 0.2) is 0 Å². The van der Waals surface area contributed by atoms with E-state index in [1.54, 1.807) is 11.4 Å². The van der Waals surface area contributed by atoms with Gasteiger partial charge in [-0.2, -0.15) is 17.0 Å². The Hall–Kier alpha value is -0.170. The highest BCUT2D eigenvalue weighted by molar-refractivity contribution is 7.86. The molecule has 1 rings (SSSR count). The standard InChI is InChI=1S/C14H31N3O2S/c1-4-9-15-10-7-11-16(3)20(18,19)17-12-6-8-14(5-2)13-17/h14-15H,4-13H2,1-3H3. The third-order valence-corrected chi connectivity index (χ3v) is 5.99. The fraction of sp³-hybridized carbons (Fsp3) is 1.00. The summed E-state index contributed by atoms with van der Waals surface area (Å²) in [7, 11) is -1.56. The Balaban J connectivity index is 2.41. The van der Waals surface area contributed by atoms with E-state index in [2.05, 4.69) is 19.2 Å². The molecule has 0 aromatic carbocycles.